The van der Waals surface area contributed by atoms with Gasteiger partial charge in [0.1, 0.15) is 5.75 Å². The van der Waals surface area contributed by atoms with E-state index in [1.165, 1.54) is 25.7 Å². The molecule has 1 aromatic carbocycles. The lowest BCUT2D eigenvalue weighted by molar-refractivity contribution is 0.101. The maximum Gasteiger partial charge on any atom is 0.176 e. The van der Waals surface area contributed by atoms with Crippen LogP contribution in [0.2, 0.25) is 0 Å². The first-order valence-corrected chi connectivity index (χ1v) is 7.96. The fourth-order valence-electron chi connectivity index (χ4n) is 2.77. The number of hydrogen-bond donors (Lipinski definition) is 0. The van der Waals surface area contributed by atoms with Crippen LogP contribution in [0.5, 0.6) is 5.75 Å². The topological polar surface area (TPSA) is 26.3 Å². The minimum atomic E-state index is 0.200. The monoisotopic (exact) mass is 278 g/mol. The van der Waals surface area contributed by atoms with Crippen LogP contribution in [0.15, 0.2) is 12.1 Å². The summed E-state index contributed by atoms with van der Waals surface area (Å²) in [6.07, 6.45) is 5.17. The Balaban J connectivity index is 2.09. The molecule has 1 saturated carbocycles. The minimum absolute atomic E-state index is 0.200. The van der Waals surface area contributed by atoms with E-state index in [4.69, 9.17) is 4.74 Å². The third-order valence-corrected chi connectivity index (χ3v) is 5.07. The molecule has 2 nitrogen and oxygen atoms in total. The van der Waals surface area contributed by atoms with Crippen molar-refractivity contribution in [3.8, 4) is 5.75 Å². The lowest BCUT2D eigenvalue weighted by Gasteiger charge is -2.13. The van der Waals surface area contributed by atoms with Gasteiger partial charge in [-0.25, -0.2) is 0 Å². The SMILES string of the molecule is COc1cc(C)cc(C)c1C(=O)CSC1CCCC1. The number of thioether (sulfide) groups is 1. The molecule has 0 spiro atoms. The van der Waals surface area contributed by atoms with Crippen LogP contribution in [0, 0.1) is 13.8 Å². The molecule has 0 heterocycles. The number of methoxy groups -OCH3 is 1. The van der Waals surface area contributed by atoms with Crippen molar-refractivity contribution in [2.45, 2.75) is 44.8 Å². The summed E-state index contributed by atoms with van der Waals surface area (Å²) in [4.78, 5) is 12.4. The summed E-state index contributed by atoms with van der Waals surface area (Å²) < 4.78 is 5.37. The fourth-order valence-corrected chi connectivity index (χ4v) is 3.97. The van der Waals surface area contributed by atoms with Gasteiger partial charge in [0.25, 0.3) is 0 Å². The Morgan fingerprint density at radius 1 is 1.32 bits per heavy atom. The van der Waals surface area contributed by atoms with Crippen LogP contribution in [0.4, 0.5) is 0 Å². The van der Waals surface area contributed by atoms with E-state index >= 15 is 0 Å². The number of ketones is 1. The Kier molecular flexibility index (Phi) is 4.92. The van der Waals surface area contributed by atoms with Gasteiger partial charge in [-0.05, 0) is 43.9 Å². The molecule has 1 aliphatic carbocycles. The Hall–Kier alpha value is -0.960. The molecule has 0 bridgehead atoms. The molecule has 0 unspecified atom stereocenters. The van der Waals surface area contributed by atoms with Gasteiger partial charge in [0.2, 0.25) is 0 Å². The first kappa shape index (κ1) is 14.4. The molecule has 0 aliphatic heterocycles. The zero-order valence-electron chi connectivity index (χ0n) is 12.0. The van der Waals surface area contributed by atoms with Gasteiger partial charge in [-0.15, -0.1) is 0 Å². The number of ether oxygens (including phenoxy) is 1. The highest BCUT2D eigenvalue weighted by Crippen LogP contribution is 2.31. The van der Waals surface area contributed by atoms with Crippen LogP contribution in [-0.2, 0) is 0 Å². The molecule has 0 aromatic heterocycles. The van der Waals surface area contributed by atoms with Crippen molar-refractivity contribution in [2.24, 2.45) is 0 Å². The van der Waals surface area contributed by atoms with E-state index in [0.29, 0.717) is 11.0 Å². The van der Waals surface area contributed by atoms with Crippen molar-refractivity contribution >= 4 is 17.5 Å². The maximum absolute atomic E-state index is 12.4. The Morgan fingerprint density at radius 2 is 2.00 bits per heavy atom. The largest absolute Gasteiger partial charge is 0.496 e. The standard InChI is InChI=1S/C16H22O2S/c1-11-8-12(2)16(15(9-11)18-3)14(17)10-19-13-6-4-5-7-13/h8-9,13H,4-7,10H2,1-3H3. The first-order chi connectivity index (χ1) is 9.11. The van der Waals surface area contributed by atoms with Crippen molar-refractivity contribution < 1.29 is 9.53 Å². The van der Waals surface area contributed by atoms with E-state index in [2.05, 4.69) is 6.07 Å². The lowest BCUT2D eigenvalue weighted by Crippen LogP contribution is -2.10. The summed E-state index contributed by atoms with van der Waals surface area (Å²) >= 11 is 1.81. The molecule has 0 radical (unpaired) electrons. The summed E-state index contributed by atoms with van der Waals surface area (Å²) in [7, 11) is 1.63. The third kappa shape index (κ3) is 3.53. The molecule has 3 heteroatoms. The third-order valence-electron chi connectivity index (χ3n) is 3.69. The summed E-state index contributed by atoms with van der Waals surface area (Å²) in [5.41, 5.74) is 2.92. The van der Waals surface area contributed by atoms with E-state index in [9.17, 15) is 4.79 Å². The molecule has 1 aliphatic rings. The lowest BCUT2D eigenvalue weighted by atomic mass is 10.0. The van der Waals surface area contributed by atoms with Gasteiger partial charge in [0, 0.05) is 5.25 Å². The summed E-state index contributed by atoms with van der Waals surface area (Å²) in [6, 6.07) is 4.00. The molecule has 1 fully saturated rings. The van der Waals surface area contributed by atoms with Crippen LogP contribution in [-0.4, -0.2) is 23.9 Å². The smallest absolute Gasteiger partial charge is 0.176 e. The quantitative estimate of drug-likeness (QED) is 0.756. The Bertz CT molecular complexity index is 462. The number of rotatable bonds is 5. The Morgan fingerprint density at radius 3 is 2.63 bits per heavy atom. The average Bonchev–Trinajstić information content (AvgIpc) is 2.88. The van der Waals surface area contributed by atoms with Crippen LogP contribution < -0.4 is 4.74 Å². The number of carbonyl (C=O) groups excluding carboxylic acids is 1. The van der Waals surface area contributed by atoms with Crippen molar-refractivity contribution in [2.75, 3.05) is 12.9 Å². The molecule has 0 atom stereocenters. The molecular formula is C16H22O2S. The average molecular weight is 278 g/mol. The zero-order chi connectivity index (χ0) is 13.8. The highest BCUT2D eigenvalue weighted by molar-refractivity contribution is 8.00. The summed E-state index contributed by atoms with van der Waals surface area (Å²) in [5, 5.41) is 0.681. The predicted octanol–water partition coefficient (Wildman–Crippen LogP) is 4.17. The molecule has 0 saturated heterocycles. The second-order valence-electron chi connectivity index (χ2n) is 5.30. The molecule has 19 heavy (non-hydrogen) atoms. The first-order valence-electron chi connectivity index (χ1n) is 6.92. The summed E-state index contributed by atoms with van der Waals surface area (Å²) in [5.74, 6) is 1.49. The van der Waals surface area contributed by atoms with E-state index < -0.39 is 0 Å². The fraction of sp³-hybridized carbons (Fsp3) is 0.562. The van der Waals surface area contributed by atoms with E-state index in [-0.39, 0.29) is 5.78 Å². The van der Waals surface area contributed by atoms with E-state index in [1.54, 1.807) is 7.11 Å². The van der Waals surface area contributed by atoms with Gasteiger partial charge in [0.15, 0.2) is 5.78 Å². The maximum atomic E-state index is 12.4. The van der Waals surface area contributed by atoms with E-state index in [1.807, 2.05) is 31.7 Å². The van der Waals surface area contributed by atoms with Crippen molar-refractivity contribution in [1.82, 2.24) is 0 Å². The van der Waals surface area contributed by atoms with Crippen LogP contribution in [0.25, 0.3) is 0 Å². The van der Waals surface area contributed by atoms with Crippen molar-refractivity contribution in [3.05, 3.63) is 28.8 Å². The molecular weight excluding hydrogens is 256 g/mol. The molecule has 104 valence electrons. The normalized spacial score (nSPS) is 15.7. The van der Waals surface area contributed by atoms with Gasteiger partial charge in [0.05, 0.1) is 18.4 Å². The minimum Gasteiger partial charge on any atom is -0.496 e. The molecule has 1 aromatic rings. The molecule has 2 rings (SSSR count). The van der Waals surface area contributed by atoms with Crippen LogP contribution in [0.1, 0.15) is 47.2 Å². The number of benzene rings is 1. The summed E-state index contributed by atoms with van der Waals surface area (Å²) in [6.45, 7) is 4.01. The van der Waals surface area contributed by atoms with Crippen LogP contribution >= 0.6 is 11.8 Å². The highest BCUT2D eigenvalue weighted by atomic mass is 32.2. The molecule has 0 amide bonds. The highest BCUT2D eigenvalue weighted by Gasteiger charge is 2.20. The molecule has 0 N–H and O–H groups in total. The van der Waals surface area contributed by atoms with E-state index in [0.717, 1.165) is 22.4 Å². The van der Waals surface area contributed by atoms with Gasteiger partial charge in [-0.1, -0.05) is 18.9 Å². The van der Waals surface area contributed by atoms with Crippen LogP contribution in [0.3, 0.4) is 0 Å². The number of hydrogen-bond acceptors (Lipinski definition) is 3. The number of Topliss-reactive ketones (excluding diaryl/α,β-unsaturated/α-hetero) is 1. The number of aryl methyl sites for hydroxylation is 2. The van der Waals surface area contributed by atoms with Gasteiger partial charge < -0.3 is 4.74 Å². The zero-order valence-corrected chi connectivity index (χ0v) is 12.8. The van der Waals surface area contributed by atoms with Gasteiger partial charge in [-0.2, -0.15) is 11.8 Å². The van der Waals surface area contributed by atoms with Crippen molar-refractivity contribution in [1.29, 1.82) is 0 Å². The van der Waals surface area contributed by atoms with Gasteiger partial charge >= 0.3 is 0 Å². The van der Waals surface area contributed by atoms with Gasteiger partial charge in [-0.3, -0.25) is 4.79 Å². The second-order valence-corrected chi connectivity index (χ2v) is 6.59. The predicted molar refractivity (Wildman–Crippen MR) is 81.5 cm³/mol. The number of carbonyl (C=O) groups is 1. The Labute approximate surface area is 119 Å². The van der Waals surface area contributed by atoms with Crippen molar-refractivity contribution in [3.63, 3.8) is 0 Å². The second kappa shape index (κ2) is 6.47.